The monoisotopic (exact) mass is 261 g/mol. The van der Waals surface area contributed by atoms with E-state index in [2.05, 4.69) is 4.98 Å². The van der Waals surface area contributed by atoms with Crippen LogP contribution in [0.3, 0.4) is 0 Å². The summed E-state index contributed by atoms with van der Waals surface area (Å²) in [7, 11) is 0. The van der Waals surface area contributed by atoms with E-state index in [1.807, 2.05) is 6.92 Å². The first-order chi connectivity index (χ1) is 7.41. The van der Waals surface area contributed by atoms with Gasteiger partial charge in [0, 0.05) is 11.4 Å². The highest BCUT2D eigenvalue weighted by Gasteiger charge is 2.15. The molecule has 0 saturated carbocycles. The smallest absolute Gasteiger partial charge is 0.337 e. The first-order valence-corrected chi connectivity index (χ1v) is 5.91. The molecule has 6 heteroatoms. The Morgan fingerprint density at radius 1 is 1.56 bits per heavy atom. The van der Waals surface area contributed by atoms with Gasteiger partial charge in [0.05, 0.1) is 16.7 Å². The Labute approximate surface area is 103 Å². The van der Waals surface area contributed by atoms with Crippen molar-refractivity contribution in [2.45, 2.75) is 30.2 Å². The van der Waals surface area contributed by atoms with E-state index in [-0.39, 0.29) is 15.8 Å². The number of halogens is 1. The van der Waals surface area contributed by atoms with Crippen molar-refractivity contribution in [3.8, 4) is 0 Å². The number of carboxylic acid groups (broad SMARTS) is 1. The van der Waals surface area contributed by atoms with Gasteiger partial charge < -0.3 is 10.2 Å². The van der Waals surface area contributed by atoms with E-state index in [4.69, 9.17) is 16.7 Å². The molecular formula is C10H12ClNO3S. The minimum atomic E-state index is -1.06. The number of hydrogen-bond acceptors (Lipinski definition) is 4. The van der Waals surface area contributed by atoms with E-state index in [0.29, 0.717) is 5.03 Å². The van der Waals surface area contributed by atoms with Crippen molar-refractivity contribution in [2.24, 2.45) is 0 Å². The number of carbonyl (C=O) groups is 1. The Balaban J connectivity index is 2.87. The predicted octanol–water partition coefficient (Wildman–Crippen LogP) is 2.29. The molecule has 0 saturated heterocycles. The second-order valence-electron chi connectivity index (χ2n) is 3.38. The van der Waals surface area contributed by atoms with E-state index < -0.39 is 12.1 Å². The van der Waals surface area contributed by atoms with E-state index in [9.17, 15) is 9.90 Å². The SMILES string of the molecule is CC(O)C(C)Sc1ncc(C(=O)O)cc1Cl. The molecule has 1 aromatic rings. The second-order valence-corrected chi connectivity index (χ2v) is 5.15. The van der Waals surface area contributed by atoms with Crippen LogP contribution >= 0.6 is 23.4 Å². The van der Waals surface area contributed by atoms with Crippen LogP contribution in [0.15, 0.2) is 17.3 Å². The quantitative estimate of drug-likeness (QED) is 0.814. The zero-order chi connectivity index (χ0) is 12.3. The van der Waals surface area contributed by atoms with Crippen LogP contribution in [0, 0.1) is 0 Å². The van der Waals surface area contributed by atoms with Gasteiger partial charge in [0.2, 0.25) is 0 Å². The number of pyridine rings is 1. The Morgan fingerprint density at radius 3 is 2.62 bits per heavy atom. The number of hydrogen-bond donors (Lipinski definition) is 2. The lowest BCUT2D eigenvalue weighted by Crippen LogP contribution is -2.15. The average molecular weight is 262 g/mol. The van der Waals surface area contributed by atoms with Crippen LogP contribution in [0.4, 0.5) is 0 Å². The normalized spacial score (nSPS) is 14.5. The Kier molecular flexibility index (Phi) is 4.58. The fraction of sp³-hybridized carbons (Fsp3) is 0.400. The second kappa shape index (κ2) is 5.52. The minimum Gasteiger partial charge on any atom is -0.478 e. The van der Waals surface area contributed by atoms with Crippen LogP contribution in [-0.2, 0) is 0 Å². The molecule has 0 aromatic carbocycles. The van der Waals surface area contributed by atoms with E-state index in [0.717, 1.165) is 0 Å². The first-order valence-electron chi connectivity index (χ1n) is 4.65. The van der Waals surface area contributed by atoms with Gasteiger partial charge in [0.25, 0.3) is 0 Å². The van der Waals surface area contributed by atoms with Gasteiger partial charge in [-0.2, -0.15) is 0 Å². The van der Waals surface area contributed by atoms with Crippen LogP contribution < -0.4 is 0 Å². The molecule has 2 atom stereocenters. The highest BCUT2D eigenvalue weighted by atomic mass is 35.5. The number of aromatic carboxylic acids is 1. The zero-order valence-electron chi connectivity index (χ0n) is 8.85. The van der Waals surface area contributed by atoms with Gasteiger partial charge in [0.15, 0.2) is 0 Å². The van der Waals surface area contributed by atoms with Gasteiger partial charge in [-0.3, -0.25) is 0 Å². The Morgan fingerprint density at radius 2 is 2.19 bits per heavy atom. The third kappa shape index (κ3) is 3.37. The molecule has 0 aliphatic heterocycles. The molecule has 0 spiro atoms. The number of nitrogens with zero attached hydrogens (tertiary/aromatic N) is 1. The van der Waals surface area contributed by atoms with Crippen LogP contribution in [-0.4, -0.2) is 32.5 Å². The first kappa shape index (κ1) is 13.3. The topological polar surface area (TPSA) is 70.4 Å². The Bertz CT molecular complexity index is 398. The highest BCUT2D eigenvalue weighted by Crippen LogP contribution is 2.30. The number of aromatic nitrogens is 1. The maximum atomic E-state index is 10.6. The molecule has 1 rings (SSSR count). The molecule has 0 bridgehead atoms. The Hall–Kier alpha value is -0.780. The van der Waals surface area contributed by atoms with Crippen LogP contribution in [0.1, 0.15) is 24.2 Å². The molecule has 0 amide bonds. The lowest BCUT2D eigenvalue weighted by Gasteiger charge is -2.14. The number of rotatable bonds is 4. The molecule has 2 N–H and O–H groups in total. The van der Waals surface area contributed by atoms with Crippen LogP contribution in [0.25, 0.3) is 0 Å². The molecule has 16 heavy (non-hydrogen) atoms. The third-order valence-electron chi connectivity index (χ3n) is 2.03. The summed E-state index contributed by atoms with van der Waals surface area (Å²) in [6, 6.07) is 1.36. The third-order valence-corrected chi connectivity index (χ3v) is 3.75. The highest BCUT2D eigenvalue weighted by molar-refractivity contribution is 8.00. The molecule has 0 radical (unpaired) electrons. The maximum absolute atomic E-state index is 10.6. The van der Waals surface area contributed by atoms with Crippen LogP contribution in [0.5, 0.6) is 0 Å². The number of aliphatic hydroxyl groups excluding tert-OH is 1. The molecular weight excluding hydrogens is 250 g/mol. The summed E-state index contributed by atoms with van der Waals surface area (Å²) < 4.78 is 0. The molecule has 2 unspecified atom stereocenters. The summed E-state index contributed by atoms with van der Waals surface area (Å²) in [5.74, 6) is -1.06. The van der Waals surface area contributed by atoms with E-state index in [1.165, 1.54) is 24.0 Å². The van der Waals surface area contributed by atoms with Crippen molar-refractivity contribution in [1.29, 1.82) is 0 Å². The fourth-order valence-electron chi connectivity index (χ4n) is 0.904. The predicted molar refractivity (Wildman–Crippen MR) is 63.2 cm³/mol. The molecule has 88 valence electrons. The van der Waals surface area contributed by atoms with E-state index in [1.54, 1.807) is 6.92 Å². The summed E-state index contributed by atoms with van der Waals surface area (Å²) in [5.41, 5.74) is 0.0547. The largest absolute Gasteiger partial charge is 0.478 e. The maximum Gasteiger partial charge on any atom is 0.337 e. The summed E-state index contributed by atoms with van der Waals surface area (Å²) in [5, 5.41) is 18.8. The number of aliphatic hydroxyl groups is 1. The summed E-state index contributed by atoms with van der Waals surface area (Å²) in [6.45, 7) is 3.52. The molecule has 0 fully saturated rings. The summed E-state index contributed by atoms with van der Waals surface area (Å²) in [4.78, 5) is 14.6. The summed E-state index contributed by atoms with van der Waals surface area (Å²) in [6.07, 6.45) is 0.771. The van der Waals surface area contributed by atoms with Crippen molar-refractivity contribution < 1.29 is 15.0 Å². The van der Waals surface area contributed by atoms with Crippen molar-refractivity contribution in [3.63, 3.8) is 0 Å². The van der Waals surface area contributed by atoms with Gasteiger partial charge in [-0.1, -0.05) is 30.3 Å². The lowest BCUT2D eigenvalue weighted by molar-refractivity contribution is 0.0696. The molecule has 1 heterocycles. The standard InChI is InChI=1S/C10H12ClNO3S/c1-5(13)6(2)16-9-8(11)3-7(4-12-9)10(14)15/h3-6,13H,1-2H3,(H,14,15). The average Bonchev–Trinajstić information content (AvgIpc) is 2.20. The summed E-state index contributed by atoms with van der Waals surface area (Å²) >= 11 is 7.21. The molecule has 0 aliphatic carbocycles. The van der Waals surface area contributed by atoms with Crippen LogP contribution in [0.2, 0.25) is 5.02 Å². The van der Waals surface area contributed by atoms with Crippen molar-refractivity contribution in [3.05, 3.63) is 22.8 Å². The van der Waals surface area contributed by atoms with E-state index >= 15 is 0 Å². The van der Waals surface area contributed by atoms with Crippen molar-refractivity contribution >= 4 is 29.3 Å². The fourth-order valence-corrected chi connectivity index (χ4v) is 2.04. The minimum absolute atomic E-state index is 0.0547. The van der Waals surface area contributed by atoms with Gasteiger partial charge in [-0.25, -0.2) is 9.78 Å². The lowest BCUT2D eigenvalue weighted by atomic mass is 10.3. The zero-order valence-corrected chi connectivity index (χ0v) is 10.4. The van der Waals surface area contributed by atoms with Gasteiger partial charge in [-0.05, 0) is 13.0 Å². The molecule has 0 aliphatic rings. The van der Waals surface area contributed by atoms with Gasteiger partial charge in [0.1, 0.15) is 5.03 Å². The number of carboxylic acids is 1. The molecule has 4 nitrogen and oxygen atoms in total. The van der Waals surface area contributed by atoms with Gasteiger partial charge >= 0.3 is 5.97 Å². The van der Waals surface area contributed by atoms with Crippen molar-refractivity contribution in [2.75, 3.05) is 0 Å². The van der Waals surface area contributed by atoms with Gasteiger partial charge in [-0.15, -0.1) is 0 Å². The molecule has 1 aromatic heterocycles. The number of thioether (sulfide) groups is 1. The van der Waals surface area contributed by atoms with Crippen molar-refractivity contribution in [1.82, 2.24) is 4.98 Å².